The predicted molar refractivity (Wildman–Crippen MR) is 117 cm³/mol. The Hall–Kier alpha value is -2.64. The maximum absolute atomic E-state index is 11.3. The zero-order valence-corrected chi connectivity index (χ0v) is 18.3. The Morgan fingerprint density at radius 2 is 1.77 bits per heavy atom. The van der Waals surface area contributed by atoms with E-state index in [4.69, 9.17) is 9.84 Å². The molecule has 0 fully saturated rings. The number of aliphatic hydroxyl groups is 1. The fourth-order valence-corrected chi connectivity index (χ4v) is 3.93. The molecule has 2 aromatic rings. The molecule has 0 spiro atoms. The Morgan fingerprint density at radius 3 is 2.37 bits per heavy atom. The summed E-state index contributed by atoms with van der Waals surface area (Å²) >= 11 is 1.54. The standard InChI is InChI=1S/C23H28O6S/c1-4-23(28,5-2)10-6-7-15(3)16-11-18(30-14-16)13-29-17-8-9-19(21(24)25)20(12-17)22(26)27/h7-9,11-12,14,28H,4-6,10,13H2,1-3H3,(H,24,25)(H,26,27)/b15-7+. The lowest BCUT2D eigenvalue weighted by Crippen LogP contribution is -2.25. The molecule has 1 heterocycles. The summed E-state index contributed by atoms with van der Waals surface area (Å²) in [6.45, 7) is 6.29. The lowest BCUT2D eigenvalue weighted by molar-refractivity contribution is 0.0246. The SMILES string of the molecule is CCC(O)(CC)CC/C=C(\C)c1csc(COc2ccc(C(=O)O)c(C(=O)O)c2)c1. The molecule has 1 aromatic heterocycles. The normalized spacial score (nSPS) is 12.1. The van der Waals surface area contributed by atoms with Crippen LogP contribution in [-0.4, -0.2) is 32.9 Å². The van der Waals surface area contributed by atoms with Gasteiger partial charge in [0, 0.05) is 4.88 Å². The van der Waals surface area contributed by atoms with E-state index >= 15 is 0 Å². The predicted octanol–water partition coefficient (Wildman–Crippen LogP) is 5.46. The van der Waals surface area contributed by atoms with Crippen molar-refractivity contribution in [3.63, 3.8) is 0 Å². The summed E-state index contributed by atoms with van der Waals surface area (Å²) in [6, 6.07) is 5.94. The molecular weight excluding hydrogens is 404 g/mol. The highest BCUT2D eigenvalue weighted by Crippen LogP contribution is 2.27. The van der Waals surface area contributed by atoms with Crippen LogP contribution in [0.2, 0.25) is 0 Å². The van der Waals surface area contributed by atoms with E-state index in [9.17, 15) is 19.8 Å². The number of carboxylic acid groups (broad SMARTS) is 2. The van der Waals surface area contributed by atoms with Crippen molar-refractivity contribution < 1.29 is 29.6 Å². The van der Waals surface area contributed by atoms with E-state index in [1.54, 1.807) is 0 Å². The van der Waals surface area contributed by atoms with Gasteiger partial charge in [-0.25, -0.2) is 9.59 Å². The van der Waals surface area contributed by atoms with Gasteiger partial charge in [-0.15, -0.1) is 11.3 Å². The van der Waals surface area contributed by atoms with Gasteiger partial charge in [-0.1, -0.05) is 19.9 Å². The van der Waals surface area contributed by atoms with Crippen LogP contribution in [0.15, 0.2) is 35.7 Å². The molecular formula is C23H28O6S. The Morgan fingerprint density at radius 1 is 1.10 bits per heavy atom. The summed E-state index contributed by atoms with van der Waals surface area (Å²) in [4.78, 5) is 23.4. The molecule has 0 unspecified atom stereocenters. The van der Waals surface area contributed by atoms with Crippen LogP contribution in [0, 0.1) is 0 Å². The van der Waals surface area contributed by atoms with E-state index in [2.05, 4.69) is 6.08 Å². The van der Waals surface area contributed by atoms with E-state index < -0.39 is 17.5 Å². The largest absolute Gasteiger partial charge is 0.488 e. The number of benzene rings is 1. The number of rotatable bonds is 11. The molecule has 2 rings (SSSR count). The second-order valence-electron chi connectivity index (χ2n) is 7.27. The first-order valence-corrected chi connectivity index (χ1v) is 10.8. The van der Waals surface area contributed by atoms with E-state index in [1.807, 2.05) is 32.2 Å². The molecule has 0 atom stereocenters. The number of carbonyl (C=O) groups is 2. The summed E-state index contributed by atoms with van der Waals surface area (Å²) in [5, 5.41) is 30.7. The van der Waals surface area contributed by atoms with Gasteiger partial charge in [-0.3, -0.25) is 0 Å². The molecule has 0 aliphatic heterocycles. The molecule has 6 nitrogen and oxygen atoms in total. The van der Waals surface area contributed by atoms with Crippen molar-refractivity contribution in [3.05, 3.63) is 57.3 Å². The zero-order chi connectivity index (χ0) is 22.3. The van der Waals surface area contributed by atoms with Crippen molar-refractivity contribution >= 4 is 28.8 Å². The summed E-state index contributed by atoms with van der Waals surface area (Å²) < 4.78 is 5.67. The first kappa shape index (κ1) is 23.6. The third-order valence-electron chi connectivity index (χ3n) is 5.32. The number of allylic oxidation sites excluding steroid dienone is 2. The Bertz CT molecular complexity index is 924. The fraction of sp³-hybridized carbons (Fsp3) is 0.391. The van der Waals surface area contributed by atoms with E-state index in [-0.39, 0.29) is 17.7 Å². The number of ether oxygens (including phenoxy) is 1. The number of carboxylic acids is 2. The van der Waals surface area contributed by atoms with Crippen LogP contribution in [-0.2, 0) is 6.61 Å². The molecule has 0 saturated heterocycles. The van der Waals surface area contributed by atoms with Crippen molar-refractivity contribution in [1.82, 2.24) is 0 Å². The zero-order valence-electron chi connectivity index (χ0n) is 17.5. The number of hydrogen-bond donors (Lipinski definition) is 3. The maximum atomic E-state index is 11.3. The monoisotopic (exact) mass is 432 g/mol. The van der Waals surface area contributed by atoms with E-state index in [1.165, 1.54) is 29.5 Å². The molecule has 7 heteroatoms. The van der Waals surface area contributed by atoms with Gasteiger partial charge < -0.3 is 20.1 Å². The third kappa shape index (κ3) is 6.18. The second-order valence-corrected chi connectivity index (χ2v) is 8.26. The van der Waals surface area contributed by atoms with E-state index in [0.29, 0.717) is 5.75 Å². The minimum Gasteiger partial charge on any atom is -0.488 e. The molecule has 0 amide bonds. The van der Waals surface area contributed by atoms with Crippen LogP contribution in [0.4, 0.5) is 0 Å². The van der Waals surface area contributed by atoms with Gasteiger partial charge in [0.15, 0.2) is 0 Å². The average Bonchev–Trinajstić information content (AvgIpc) is 3.20. The van der Waals surface area contributed by atoms with Crippen LogP contribution >= 0.6 is 11.3 Å². The lowest BCUT2D eigenvalue weighted by Gasteiger charge is -2.24. The van der Waals surface area contributed by atoms with Gasteiger partial charge in [0.1, 0.15) is 12.4 Å². The van der Waals surface area contributed by atoms with Crippen molar-refractivity contribution in [2.24, 2.45) is 0 Å². The van der Waals surface area contributed by atoms with E-state index in [0.717, 1.165) is 41.7 Å². The quantitative estimate of drug-likeness (QED) is 0.436. The van der Waals surface area contributed by atoms with Crippen LogP contribution < -0.4 is 4.74 Å². The van der Waals surface area contributed by atoms with Crippen LogP contribution in [0.1, 0.15) is 77.6 Å². The number of thiophene rings is 1. The minimum absolute atomic E-state index is 0.259. The highest BCUT2D eigenvalue weighted by molar-refractivity contribution is 7.10. The molecule has 0 saturated carbocycles. The minimum atomic E-state index is -1.31. The van der Waals surface area contributed by atoms with Gasteiger partial charge in [-0.05, 0) is 73.4 Å². The van der Waals surface area contributed by atoms with Gasteiger partial charge >= 0.3 is 11.9 Å². The van der Waals surface area contributed by atoms with Crippen molar-refractivity contribution in [3.8, 4) is 5.75 Å². The van der Waals surface area contributed by atoms with Crippen molar-refractivity contribution in [2.45, 2.75) is 58.7 Å². The first-order chi connectivity index (χ1) is 14.2. The molecule has 0 aliphatic rings. The highest BCUT2D eigenvalue weighted by Gasteiger charge is 2.20. The molecule has 1 aromatic carbocycles. The number of hydrogen-bond acceptors (Lipinski definition) is 5. The third-order valence-corrected chi connectivity index (χ3v) is 6.23. The van der Waals surface area contributed by atoms with Crippen LogP contribution in [0.3, 0.4) is 0 Å². The highest BCUT2D eigenvalue weighted by atomic mass is 32.1. The summed E-state index contributed by atoms with van der Waals surface area (Å²) in [5.41, 5.74) is 1.04. The van der Waals surface area contributed by atoms with Gasteiger partial charge in [-0.2, -0.15) is 0 Å². The molecule has 0 aliphatic carbocycles. The molecule has 0 bridgehead atoms. The summed E-state index contributed by atoms with van der Waals surface area (Å²) in [7, 11) is 0. The molecule has 30 heavy (non-hydrogen) atoms. The maximum Gasteiger partial charge on any atom is 0.336 e. The van der Waals surface area contributed by atoms with Gasteiger partial charge in [0.2, 0.25) is 0 Å². The van der Waals surface area contributed by atoms with Crippen LogP contribution in [0.25, 0.3) is 5.57 Å². The summed E-state index contributed by atoms with van der Waals surface area (Å²) in [5.74, 6) is -2.30. The summed E-state index contributed by atoms with van der Waals surface area (Å²) in [6.07, 6.45) is 5.16. The molecule has 162 valence electrons. The Labute approximate surface area is 180 Å². The smallest absolute Gasteiger partial charge is 0.336 e. The molecule has 0 radical (unpaired) electrons. The second kappa shape index (κ2) is 10.4. The average molecular weight is 433 g/mol. The lowest BCUT2D eigenvalue weighted by atomic mass is 9.91. The Kier molecular flexibility index (Phi) is 8.20. The first-order valence-electron chi connectivity index (χ1n) is 9.89. The van der Waals surface area contributed by atoms with Gasteiger partial charge in [0.25, 0.3) is 0 Å². The fourth-order valence-electron chi connectivity index (χ4n) is 3.07. The topological polar surface area (TPSA) is 104 Å². The molecule has 3 N–H and O–H groups in total. The Balaban J connectivity index is 2.01. The van der Waals surface area contributed by atoms with Crippen molar-refractivity contribution in [2.75, 3.05) is 0 Å². The van der Waals surface area contributed by atoms with Gasteiger partial charge in [0.05, 0.1) is 16.7 Å². The number of aromatic carboxylic acids is 2. The van der Waals surface area contributed by atoms with Crippen molar-refractivity contribution in [1.29, 1.82) is 0 Å². The van der Waals surface area contributed by atoms with Crippen LogP contribution in [0.5, 0.6) is 5.75 Å².